The number of nitrogens with two attached hydrogens (primary N) is 1. The fourth-order valence-corrected chi connectivity index (χ4v) is 3.43. The highest BCUT2D eigenvalue weighted by Crippen LogP contribution is 2.32. The van der Waals surface area contributed by atoms with Gasteiger partial charge in [-0.2, -0.15) is 0 Å². The summed E-state index contributed by atoms with van der Waals surface area (Å²) in [5.41, 5.74) is 8.70. The smallest absolute Gasteiger partial charge is 0.124 e. The zero-order valence-electron chi connectivity index (χ0n) is 12.7. The molecule has 1 aliphatic rings. The zero-order valence-corrected chi connectivity index (χ0v) is 13.5. The van der Waals surface area contributed by atoms with E-state index in [1.807, 2.05) is 24.3 Å². The van der Waals surface area contributed by atoms with Crippen molar-refractivity contribution >= 4 is 11.6 Å². The van der Waals surface area contributed by atoms with Gasteiger partial charge in [0.2, 0.25) is 0 Å². The van der Waals surface area contributed by atoms with Crippen LogP contribution in [-0.4, -0.2) is 31.1 Å². The van der Waals surface area contributed by atoms with Crippen LogP contribution in [0.15, 0.2) is 48.5 Å². The lowest BCUT2D eigenvalue weighted by atomic mass is 9.95. The van der Waals surface area contributed by atoms with E-state index in [0.29, 0.717) is 5.92 Å². The van der Waals surface area contributed by atoms with Gasteiger partial charge in [0.1, 0.15) is 5.75 Å². The SMILES string of the molecule is COc1cccc(Cl)c1CN1C[C@@H](N)[C@H](c2ccccc2)C1. The first-order valence-corrected chi connectivity index (χ1v) is 7.91. The number of likely N-dealkylation sites (tertiary alicyclic amines) is 1. The molecule has 1 aliphatic heterocycles. The van der Waals surface area contributed by atoms with Crippen LogP contribution in [0.25, 0.3) is 0 Å². The van der Waals surface area contributed by atoms with Crippen LogP contribution in [0.5, 0.6) is 5.75 Å². The van der Waals surface area contributed by atoms with E-state index >= 15 is 0 Å². The summed E-state index contributed by atoms with van der Waals surface area (Å²) in [6, 6.07) is 16.4. The van der Waals surface area contributed by atoms with Crippen molar-refractivity contribution in [2.24, 2.45) is 5.73 Å². The van der Waals surface area contributed by atoms with Gasteiger partial charge in [0.15, 0.2) is 0 Å². The van der Waals surface area contributed by atoms with Gasteiger partial charge in [0.05, 0.1) is 7.11 Å². The highest BCUT2D eigenvalue weighted by Gasteiger charge is 2.31. The molecule has 116 valence electrons. The highest BCUT2D eigenvalue weighted by atomic mass is 35.5. The molecular formula is C18H21ClN2O. The summed E-state index contributed by atoms with van der Waals surface area (Å²) in [7, 11) is 1.68. The lowest BCUT2D eigenvalue weighted by Crippen LogP contribution is -2.28. The summed E-state index contributed by atoms with van der Waals surface area (Å²) < 4.78 is 5.43. The molecule has 2 N–H and O–H groups in total. The number of nitrogens with zero attached hydrogens (tertiary/aromatic N) is 1. The lowest BCUT2D eigenvalue weighted by Gasteiger charge is -2.18. The maximum Gasteiger partial charge on any atom is 0.124 e. The molecule has 0 amide bonds. The molecule has 3 nitrogen and oxygen atoms in total. The van der Waals surface area contributed by atoms with Gasteiger partial charge < -0.3 is 10.5 Å². The summed E-state index contributed by atoms with van der Waals surface area (Å²) >= 11 is 6.34. The molecule has 3 rings (SSSR count). The minimum Gasteiger partial charge on any atom is -0.496 e. The Balaban J connectivity index is 1.76. The first-order chi connectivity index (χ1) is 10.7. The molecule has 0 aliphatic carbocycles. The minimum atomic E-state index is 0.149. The molecule has 0 bridgehead atoms. The topological polar surface area (TPSA) is 38.5 Å². The van der Waals surface area contributed by atoms with Crippen molar-refractivity contribution < 1.29 is 4.74 Å². The molecule has 0 spiro atoms. The molecular weight excluding hydrogens is 296 g/mol. The third kappa shape index (κ3) is 3.12. The summed E-state index contributed by atoms with van der Waals surface area (Å²) in [4.78, 5) is 2.35. The Morgan fingerprint density at radius 1 is 1.14 bits per heavy atom. The Kier molecular flexibility index (Phi) is 4.67. The predicted octanol–water partition coefficient (Wildman–Crippen LogP) is 3.28. The summed E-state index contributed by atoms with van der Waals surface area (Å²) in [5.74, 6) is 1.21. The van der Waals surface area contributed by atoms with Crippen molar-refractivity contribution in [3.8, 4) is 5.75 Å². The van der Waals surface area contributed by atoms with Crippen molar-refractivity contribution in [1.82, 2.24) is 4.90 Å². The molecule has 4 heteroatoms. The quantitative estimate of drug-likeness (QED) is 0.941. The van der Waals surface area contributed by atoms with Crippen LogP contribution in [0.1, 0.15) is 17.0 Å². The molecule has 1 saturated heterocycles. The molecule has 1 heterocycles. The maximum atomic E-state index is 6.36. The van der Waals surface area contributed by atoms with E-state index in [1.165, 1.54) is 5.56 Å². The highest BCUT2D eigenvalue weighted by molar-refractivity contribution is 6.31. The van der Waals surface area contributed by atoms with E-state index in [1.54, 1.807) is 7.11 Å². The molecule has 0 aromatic heterocycles. The Hall–Kier alpha value is -1.55. The van der Waals surface area contributed by atoms with E-state index in [2.05, 4.69) is 29.2 Å². The van der Waals surface area contributed by atoms with Crippen LogP contribution in [0, 0.1) is 0 Å². The molecule has 2 aromatic rings. The normalized spacial score (nSPS) is 22.0. The van der Waals surface area contributed by atoms with Crippen LogP contribution >= 0.6 is 11.6 Å². The fourth-order valence-electron chi connectivity index (χ4n) is 3.20. The number of methoxy groups -OCH3 is 1. The van der Waals surface area contributed by atoms with Gasteiger partial charge in [-0.15, -0.1) is 0 Å². The Bertz CT molecular complexity index is 632. The summed E-state index contributed by atoms with van der Waals surface area (Å²) in [6.07, 6.45) is 0. The zero-order chi connectivity index (χ0) is 15.5. The molecule has 2 atom stereocenters. The van der Waals surface area contributed by atoms with Gasteiger partial charge in [-0.05, 0) is 17.7 Å². The van der Waals surface area contributed by atoms with Crippen LogP contribution in [0.4, 0.5) is 0 Å². The number of halogens is 1. The monoisotopic (exact) mass is 316 g/mol. The standard InChI is InChI=1S/C18H21ClN2O/c1-22-18-9-5-8-16(19)15(18)11-21-10-14(17(20)12-21)13-6-3-2-4-7-13/h2-9,14,17H,10-12,20H2,1H3/t14-,17+/m0/s1. The van der Waals surface area contributed by atoms with Crippen LogP contribution in [0.2, 0.25) is 5.02 Å². The van der Waals surface area contributed by atoms with Crippen LogP contribution in [-0.2, 0) is 6.54 Å². The van der Waals surface area contributed by atoms with Crippen molar-refractivity contribution in [2.75, 3.05) is 20.2 Å². The second kappa shape index (κ2) is 6.69. The Morgan fingerprint density at radius 2 is 1.91 bits per heavy atom. The number of hydrogen-bond donors (Lipinski definition) is 1. The van der Waals surface area contributed by atoms with E-state index in [0.717, 1.165) is 36.0 Å². The largest absolute Gasteiger partial charge is 0.496 e. The third-order valence-corrected chi connectivity index (χ3v) is 4.70. The van der Waals surface area contributed by atoms with Crippen molar-refractivity contribution in [1.29, 1.82) is 0 Å². The second-order valence-corrected chi connectivity index (χ2v) is 6.20. The molecule has 0 radical (unpaired) electrons. The number of hydrogen-bond acceptors (Lipinski definition) is 3. The fraction of sp³-hybridized carbons (Fsp3) is 0.333. The molecule has 0 unspecified atom stereocenters. The average molecular weight is 317 g/mol. The summed E-state index contributed by atoms with van der Waals surface area (Å²) in [5, 5.41) is 0.746. The van der Waals surface area contributed by atoms with E-state index in [9.17, 15) is 0 Å². The summed E-state index contributed by atoms with van der Waals surface area (Å²) in [6.45, 7) is 2.58. The van der Waals surface area contributed by atoms with Gasteiger partial charge in [-0.1, -0.05) is 48.0 Å². The first kappa shape index (κ1) is 15.3. The van der Waals surface area contributed by atoms with Gasteiger partial charge >= 0.3 is 0 Å². The van der Waals surface area contributed by atoms with Gasteiger partial charge in [-0.3, -0.25) is 4.90 Å². The third-order valence-electron chi connectivity index (χ3n) is 4.35. The van der Waals surface area contributed by atoms with E-state index in [-0.39, 0.29) is 6.04 Å². The van der Waals surface area contributed by atoms with Gasteiger partial charge in [0.25, 0.3) is 0 Å². The van der Waals surface area contributed by atoms with Crippen molar-refractivity contribution in [2.45, 2.75) is 18.5 Å². The van der Waals surface area contributed by atoms with E-state index < -0.39 is 0 Å². The molecule has 2 aromatic carbocycles. The second-order valence-electron chi connectivity index (χ2n) is 5.80. The predicted molar refractivity (Wildman–Crippen MR) is 90.4 cm³/mol. The van der Waals surface area contributed by atoms with Crippen LogP contribution in [0.3, 0.4) is 0 Å². The van der Waals surface area contributed by atoms with Gasteiger partial charge in [0, 0.05) is 42.2 Å². The van der Waals surface area contributed by atoms with Gasteiger partial charge in [-0.25, -0.2) is 0 Å². The Labute approximate surface area is 136 Å². The number of benzene rings is 2. The molecule has 1 fully saturated rings. The minimum absolute atomic E-state index is 0.149. The molecule has 0 saturated carbocycles. The van der Waals surface area contributed by atoms with E-state index in [4.69, 9.17) is 22.1 Å². The number of ether oxygens (including phenoxy) is 1. The van der Waals surface area contributed by atoms with Crippen LogP contribution < -0.4 is 10.5 Å². The average Bonchev–Trinajstić information content (AvgIpc) is 2.91. The van der Waals surface area contributed by atoms with Crippen molar-refractivity contribution in [3.63, 3.8) is 0 Å². The first-order valence-electron chi connectivity index (χ1n) is 7.53. The lowest BCUT2D eigenvalue weighted by molar-refractivity contribution is 0.314. The number of rotatable bonds is 4. The van der Waals surface area contributed by atoms with Crippen molar-refractivity contribution in [3.05, 3.63) is 64.7 Å². The Morgan fingerprint density at radius 3 is 2.64 bits per heavy atom. The molecule has 22 heavy (non-hydrogen) atoms. The maximum absolute atomic E-state index is 6.36.